The zero-order valence-corrected chi connectivity index (χ0v) is 11.3. The third-order valence-electron chi connectivity index (χ3n) is 2.61. The van der Waals surface area contributed by atoms with E-state index >= 15 is 0 Å². The first-order valence-corrected chi connectivity index (χ1v) is 6.95. The Bertz CT molecular complexity index is 532. The maximum atomic E-state index is 5.97. The molecule has 0 radical (unpaired) electrons. The molecular formula is C16H17NS. The quantitative estimate of drug-likeness (QED) is 0.648. The Morgan fingerprint density at radius 3 is 2.61 bits per heavy atom. The predicted molar refractivity (Wildman–Crippen MR) is 81.8 cm³/mol. The minimum Gasteiger partial charge on any atom is -0.398 e. The summed E-state index contributed by atoms with van der Waals surface area (Å²) in [6.45, 7) is 2.06. The van der Waals surface area contributed by atoms with Gasteiger partial charge in [0.15, 0.2) is 0 Å². The lowest BCUT2D eigenvalue weighted by Crippen LogP contribution is -1.89. The van der Waals surface area contributed by atoms with Gasteiger partial charge in [-0.25, -0.2) is 0 Å². The van der Waals surface area contributed by atoms with E-state index in [1.165, 1.54) is 11.1 Å². The van der Waals surface area contributed by atoms with Crippen molar-refractivity contribution in [2.45, 2.75) is 11.8 Å². The highest BCUT2D eigenvalue weighted by Gasteiger charge is 1.98. The molecule has 2 heteroatoms. The summed E-state index contributed by atoms with van der Waals surface area (Å²) in [4.78, 5) is 1.15. The van der Waals surface area contributed by atoms with E-state index < -0.39 is 0 Å². The largest absolute Gasteiger partial charge is 0.398 e. The van der Waals surface area contributed by atoms with Crippen LogP contribution in [-0.2, 0) is 0 Å². The van der Waals surface area contributed by atoms with E-state index in [0.717, 1.165) is 16.3 Å². The molecule has 2 aromatic carbocycles. The van der Waals surface area contributed by atoms with Gasteiger partial charge in [-0.15, -0.1) is 11.8 Å². The maximum absolute atomic E-state index is 5.97. The molecule has 0 fully saturated rings. The first-order chi connectivity index (χ1) is 8.75. The van der Waals surface area contributed by atoms with Crippen molar-refractivity contribution >= 4 is 23.5 Å². The molecule has 0 aliphatic rings. The number of nitrogen functional groups attached to an aromatic ring is 1. The lowest BCUT2D eigenvalue weighted by atomic mass is 10.2. The van der Waals surface area contributed by atoms with Crippen molar-refractivity contribution in [1.29, 1.82) is 0 Å². The molecule has 0 aromatic heterocycles. The van der Waals surface area contributed by atoms with Crippen molar-refractivity contribution in [3.05, 3.63) is 65.7 Å². The molecule has 0 unspecified atom stereocenters. The van der Waals surface area contributed by atoms with Crippen LogP contribution in [0.2, 0.25) is 0 Å². The Kier molecular flexibility index (Phi) is 4.48. The molecule has 0 spiro atoms. The Morgan fingerprint density at radius 1 is 1.11 bits per heavy atom. The summed E-state index contributed by atoms with van der Waals surface area (Å²) in [5.74, 6) is 0.933. The van der Waals surface area contributed by atoms with E-state index in [1.54, 1.807) is 11.8 Å². The van der Waals surface area contributed by atoms with Crippen LogP contribution in [0.4, 0.5) is 5.69 Å². The lowest BCUT2D eigenvalue weighted by molar-refractivity contribution is 1.38. The molecule has 0 saturated carbocycles. The molecule has 92 valence electrons. The average molecular weight is 255 g/mol. The van der Waals surface area contributed by atoms with E-state index in [2.05, 4.69) is 43.3 Å². The van der Waals surface area contributed by atoms with E-state index in [1.807, 2.05) is 24.3 Å². The van der Waals surface area contributed by atoms with Crippen molar-refractivity contribution in [2.75, 3.05) is 11.5 Å². The maximum Gasteiger partial charge on any atom is 0.0454 e. The average Bonchev–Trinajstić information content (AvgIpc) is 2.38. The van der Waals surface area contributed by atoms with Crippen LogP contribution >= 0.6 is 11.8 Å². The van der Waals surface area contributed by atoms with Crippen molar-refractivity contribution in [2.24, 2.45) is 0 Å². The molecule has 0 aliphatic carbocycles. The van der Waals surface area contributed by atoms with Gasteiger partial charge in [0, 0.05) is 16.3 Å². The number of thioether (sulfide) groups is 1. The highest BCUT2D eigenvalue weighted by atomic mass is 32.2. The van der Waals surface area contributed by atoms with Gasteiger partial charge in [0.25, 0.3) is 0 Å². The van der Waals surface area contributed by atoms with Crippen molar-refractivity contribution in [1.82, 2.24) is 0 Å². The van der Waals surface area contributed by atoms with Crippen molar-refractivity contribution in [3.8, 4) is 0 Å². The molecule has 0 atom stereocenters. The van der Waals surface area contributed by atoms with Gasteiger partial charge in [0.2, 0.25) is 0 Å². The molecule has 0 aliphatic heterocycles. The molecular weight excluding hydrogens is 238 g/mol. The van der Waals surface area contributed by atoms with Gasteiger partial charge in [0.1, 0.15) is 0 Å². The number of hydrogen-bond acceptors (Lipinski definition) is 2. The second-order valence-electron chi connectivity index (χ2n) is 4.17. The summed E-state index contributed by atoms with van der Waals surface area (Å²) in [5.41, 5.74) is 9.28. The molecule has 0 saturated heterocycles. The SMILES string of the molecule is Cc1ccc(SC/C=C/c2ccccc2)c(N)c1. The standard InChI is InChI=1S/C16H17NS/c1-13-9-10-16(15(17)12-13)18-11-5-8-14-6-3-2-4-7-14/h2-10,12H,11,17H2,1H3/b8-5+. The third-order valence-corrected chi connectivity index (χ3v) is 3.65. The minimum absolute atomic E-state index is 0.869. The highest BCUT2D eigenvalue weighted by Crippen LogP contribution is 2.25. The second kappa shape index (κ2) is 6.31. The van der Waals surface area contributed by atoms with E-state index in [9.17, 15) is 0 Å². The smallest absolute Gasteiger partial charge is 0.0454 e. The fourth-order valence-corrected chi connectivity index (χ4v) is 2.45. The predicted octanol–water partition coefficient (Wildman–Crippen LogP) is 4.38. The van der Waals surface area contributed by atoms with Crippen molar-refractivity contribution in [3.63, 3.8) is 0 Å². The third kappa shape index (κ3) is 3.67. The summed E-state index contributed by atoms with van der Waals surface area (Å²) >= 11 is 1.76. The van der Waals surface area contributed by atoms with E-state index in [0.29, 0.717) is 0 Å². The van der Waals surface area contributed by atoms with Crippen LogP contribution in [0.15, 0.2) is 59.5 Å². The Hall–Kier alpha value is -1.67. The first kappa shape index (κ1) is 12.8. The first-order valence-electron chi connectivity index (χ1n) is 5.96. The number of hydrogen-bond donors (Lipinski definition) is 1. The summed E-state index contributed by atoms with van der Waals surface area (Å²) in [7, 11) is 0. The minimum atomic E-state index is 0.869. The van der Waals surface area contributed by atoms with Gasteiger partial charge in [-0.3, -0.25) is 0 Å². The fraction of sp³-hybridized carbons (Fsp3) is 0.125. The monoisotopic (exact) mass is 255 g/mol. The normalized spacial score (nSPS) is 10.9. The van der Waals surface area contributed by atoms with Crippen LogP contribution in [0.1, 0.15) is 11.1 Å². The van der Waals surface area contributed by atoms with Crippen LogP contribution in [0.5, 0.6) is 0 Å². The van der Waals surface area contributed by atoms with Crippen LogP contribution in [0, 0.1) is 6.92 Å². The zero-order valence-electron chi connectivity index (χ0n) is 10.5. The molecule has 1 nitrogen and oxygen atoms in total. The van der Waals surface area contributed by atoms with Crippen LogP contribution in [0.25, 0.3) is 6.08 Å². The summed E-state index contributed by atoms with van der Waals surface area (Å²) < 4.78 is 0. The topological polar surface area (TPSA) is 26.0 Å². The van der Waals surface area contributed by atoms with Gasteiger partial charge in [-0.2, -0.15) is 0 Å². The van der Waals surface area contributed by atoms with Gasteiger partial charge >= 0.3 is 0 Å². The number of benzene rings is 2. The van der Waals surface area contributed by atoms with Gasteiger partial charge in [0.05, 0.1) is 0 Å². The lowest BCUT2D eigenvalue weighted by Gasteiger charge is -2.04. The summed E-state index contributed by atoms with van der Waals surface area (Å²) in [5, 5.41) is 0. The highest BCUT2D eigenvalue weighted by molar-refractivity contribution is 7.99. The van der Waals surface area contributed by atoms with Gasteiger partial charge < -0.3 is 5.73 Å². The molecule has 18 heavy (non-hydrogen) atoms. The molecule has 0 bridgehead atoms. The van der Waals surface area contributed by atoms with Crippen molar-refractivity contribution < 1.29 is 0 Å². The molecule has 0 heterocycles. The van der Waals surface area contributed by atoms with Crippen LogP contribution < -0.4 is 5.73 Å². The Balaban J connectivity index is 1.91. The van der Waals surface area contributed by atoms with Gasteiger partial charge in [-0.1, -0.05) is 48.6 Å². The number of nitrogens with two attached hydrogens (primary N) is 1. The number of anilines is 1. The summed E-state index contributed by atoms with van der Waals surface area (Å²) in [6, 6.07) is 16.5. The molecule has 2 rings (SSSR count). The van der Waals surface area contributed by atoms with Crippen LogP contribution in [0.3, 0.4) is 0 Å². The molecule has 2 N–H and O–H groups in total. The second-order valence-corrected chi connectivity index (χ2v) is 5.23. The fourth-order valence-electron chi connectivity index (χ4n) is 1.69. The Labute approximate surface area is 113 Å². The number of aryl methyl sites for hydroxylation is 1. The van der Waals surface area contributed by atoms with E-state index in [4.69, 9.17) is 5.73 Å². The number of rotatable bonds is 4. The Morgan fingerprint density at radius 2 is 1.89 bits per heavy atom. The van der Waals surface area contributed by atoms with Crippen LogP contribution in [-0.4, -0.2) is 5.75 Å². The molecule has 0 amide bonds. The van der Waals surface area contributed by atoms with E-state index in [-0.39, 0.29) is 0 Å². The molecule has 2 aromatic rings. The summed E-state index contributed by atoms with van der Waals surface area (Å²) in [6.07, 6.45) is 4.30. The zero-order chi connectivity index (χ0) is 12.8. The van der Waals surface area contributed by atoms with Gasteiger partial charge in [-0.05, 0) is 30.2 Å².